The Bertz CT molecular complexity index is 673. The highest BCUT2D eigenvalue weighted by Gasteiger charge is 2.21. The summed E-state index contributed by atoms with van der Waals surface area (Å²) in [6, 6.07) is 18.6. The molecule has 0 spiro atoms. The number of aliphatic hydroxyl groups is 1. The summed E-state index contributed by atoms with van der Waals surface area (Å²) in [5, 5.41) is 10.5. The minimum atomic E-state index is -0.462. The lowest BCUT2D eigenvalue weighted by atomic mass is 9.97. The van der Waals surface area contributed by atoms with Crippen molar-refractivity contribution in [3.05, 3.63) is 71.3 Å². The third kappa shape index (κ3) is 5.16. The molecule has 3 rings (SSSR count). The average molecular weight is 354 g/mol. The zero-order valence-corrected chi connectivity index (χ0v) is 16.0. The first-order chi connectivity index (χ1) is 12.6. The van der Waals surface area contributed by atoms with Gasteiger partial charge in [0.15, 0.2) is 0 Å². The summed E-state index contributed by atoms with van der Waals surface area (Å²) in [5.41, 5.74) is 3.50. The summed E-state index contributed by atoms with van der Waals surface area (Å²) in [7, 11) is 0. The predicted molar refractivity (Wildman–Crippen MR) is 106 cm³/mol. The quantitative estimate of drug-likeness (QED) is 0.810. The van der Waals surface area contributed by atoms with Crippen LogP contribution >= 0.6 is 0 Å². The van der Waals surface area contributed by atoms with Gasteiger partial charge in [-0.15, -0.1) is 0 Å². The summed E-state index contributed by atoms with van der Waals surface area (Å²) in [6.45, 7) is 7.61. The van der Waals surface area contributed by atoms with E-state index in [9.17, 15) is 5.11 Å². The molecule has 0 saturated carbocycles. The third-order valence-electron chi connectivity index (χ3n) is 5.24. The van der Waals surface area contributed by atoms with Gasteiger partial charge in [-0.25, -0.2) is 0 Å². The summed E-state index contributed by atoms with van der Waals surface area (Å²) in [5.74, 6) is 0.723. The van der Waals surface area contributed by atoms with E-state index in [2.05, 4.69) is 43.0 Å². The van der Waals surface area contributed by atoms with Crippen molar-refractivity contribution < 1.29 is 9.84 Å². The van der Waals surface area contributed by atoms with Crippen molar-refractivity contribution in [3.8, 4) is 0 Å². The zero-order valence-electron chi connectivity index (χ0n) is 16.0. The first kappa shape index (κ1) is 19.1. The highest BCUT2D eigenvalue weighted by atomic mass is 16.5. The molecule has 3 heteroatoms. The highest BCUT2D eigenvalue weighted by Crippen LogP contribution is 2.28. The minimum Gasteiger partial charge on any atom is -0.389 e. The Morgan fingerprint density at radius 1 is 1.12 bits per heavy atom. The van der Waals surface area contributed by atoms with Crippen LogP contribution in [0.2, 0.25) is 0 Å². The number of hydrogen-bond donors (Lipinski definition) is 1. The summed E-state index contributed by atoms with van der Waals surface area (Å²) in [6.07, 6.45) is 1.92. The van der Waals surface area contributed by atoms with Crippen molar-refractivity contribution in [1.29, 1.82) is 0 Å². The van der Waals surface area contributed by atoms with Crippen molar-refractivity contribution in [1.82, 2.24) is 4.90 Å². The first-order valence-corrected chi connectivity index (χ1v) is 9.76. The molecule has 0 radical (unpaired) electrons. The van der Waals surface area contributed by atoms with Crippen LogP contribution in [-0.2, 0) is 4.74 Å². The number of β-amino-alcohol motifs (C(OH)–C–C–N with tert-alkyl or cyclic N) is 1. The molecule has 0 aromatic heterocycles. The fraction of sp³-hybridized carbons (Fsp3) is 0.478. The van der Waals surface area contributed by atoms with Crippen LogP contribution in [0.25, 0.3) is 0 Å². The van der Waals surface area contributed by atoms with E-state index in [4.69, 9.17) is 4.74 Å². The predicted octanol–water partition coefficient (Wildman–Crippen LogP) is 4.19. The second-order valence-electron chi connectivity index (χ2n) is 7.64. The third-order valence-corrected chi connectivity index (χ3v) is 5.24. The SMILES string of the molecule is Cc1ccccc1[C@H](OC[C@H](O)CN1CCC[C@@H](C)C1)c1ccccc1. The molecule has 3 nitrogen and oxygen atoms in total. The van der Waals surface area contributed by atoms with Crippen LogP contribution in [0.4, 0.5) is 0 Å². The smallest absolute Gasteiger partial charge is 0.108 e. The number of rotatable bonds is 7. The van der Waals surface area contributed by atoms with Gasteiger partial charge in [0.05, 0.1) is 12.7 Å². The van der Waals surface area contributed by atoms with Crippen LogP contribution in [0.15, 0.2) is 54.6 Å². The molecule has 1 saturated heterocycles. The van der Waals surface area contributed by atoms with Gasteiger partial charge in [-0.3, -0.25) is 0 Å². The molecule has 0 amide bonds. The number of aryl methyl sites for hydroxylation is 1. The van der Waals surface area contributed by atoms with E-state index in [0.717, 1.165) is 30.1 Å². The van der Waals surface area contributed by atoms with Gasteiger partial charge < -0.3 is 14.7 Å². The molecule has 1 N–H and O–H groups in total. The van der Waals surface area contributed by atoms with Gasteiger partial charge in [-0.2, -0.15) is 0 Å². The van der Waals surface area contributed by atoms with E-state index >= 15 is 0 Å². The number of piperidine rings is 1. The number of aliphatic hydroxyl groups excluding tert-OH is 1. The van der Waals surface area contributed by atoms with Gasteiger partial charge in [0.1, 0.15) is 6.10 Å². The van der Waals surface area contributed by atoms with Crippen molar-refractivity contribution in [2.75, 3.05) is 26.2 Å². The van der Waals surface area contributed by atoms with Crippen LogP contribution in [0, 0.1) is 12.8 Å². The van der Waals surface area contributed by atoms with E-state index in [1.54, 1.807) is 0 Å². The molecule has 0 bridgehead atoms. The number of ether oxygens (including phenoxy) is 1. The Kier molecular flexibility index (Phi) is 6.84. The van der Waals surface area contributed by atoms with Crippen LogP contribution < -0.4 is 0 Å². The van der Waals surface area contributed by atoms with Crippen molar-refractivity contribution in [2.45, 2.75) is 38.9 Å². The Morgan fingerprint density at radius 2 is 1.85 bits per heavy atom. The van der Waals surface area contributed by atoms with Gasteiger partial charge in [-0.1, -0.05) is 61.5 Å². The maximum absolute atomic E-state index is 10.5. The average Bonchev–Trinajstić information content (AvgIpc) is 2.64. The monoisotopic (exact) mass is 353 g/mol. The van der Waals surface area contributed by atoms with Gasteiger partial charge in [-0.05, 0) is 48.9 Å². The minimum absolute atomic E-state index is 0.146. The molecule has 26 heavy (non-hydrogen) atoms. The topological polar surface area (TPSA) is 32.7 Å². The summed E-state index contributed by atoms with van der Waals surface area (Å²) in [4.78, 5) is 2.37. The Morgan fingerprint density at radius 3 is 2.58 bits per heavy atom. The summed E-state index contributed by atoms with van der Waals surface area (Å²) >= 11 is 0. The molecular formula is C23H31NO2. The fourth-order valence-corrected chi connectivity index (χ4v) is 3.88. The lowest BCUT2D eigenvalue weighted by Crippen LogP contribution is -2.41. The number of likely N-dealkylation sites (tertiary alicyclic amines) is 1. The largest absolute Gasteiger partial charge is 0.389 e. The molecule has 2 aromatic carbocycles. The Labute approximate surface area is 157 Å². The van der Waals surface area contributed by atoms with E-state index in [1.165, 1.54) is 18.4 Å². The molecule has 2 aromatic rings. The number of nitrogens with zero attached hydrogens (tertiary/aromatic N) is 1. The molecule has 140 valence electrons. The second-order valence-corrected chi connectivity index (χ2v) is 7.64. The van der Waals surface area contributed by atoms with Gasteiger partial charge in [0, 0.05) is 13.1 Å². The van der Waals surface area contributed by atoms with E-state index in [-0.39, 0.29) is 6.10 Å². The molecule has 3 atom stereocenters. The van der Waals surface area contributed by atoms with Crippen LogP contribution in [0.3, 0.4) is 0 Å². The normalized spacial score (nSPS) is 20.7. The molecular weight excluding hydrogens is 322 g/mol. The van der Waals surface area contributed by atoms with Crippen molar-refractivity contribution in [2.24, 2.45) is 5.92 Å². The highest BCUT2D eigenvalue weighted by molar-refractivity contribution is 5.35. The standard InChI is InChI=1S/C23H31NO2/c1-18-9-8-14-24(15-18)16-21(25)17-26-23(20-11-4-3-5-12-20)22-13-7-6-10-19(22)2/h3-7,10-13,18,21,23,25H,8-9,14-17H2,1-2H3/t18-,21-,23-/m1/s1. The van der Waals surface area contributed by atoms with Crippen molar-refractivity contribution >= 4 is 0 Å². The number of hydrogen-bond acceptors (Lipinski definition) is 3. The Balaban J connectivity index is 1.65. The Hall–Kier alpha value is -1.68. The maximum Gasteiger partial charge on any atom is 0.108 e. The zero-order chi connectivity index (χ0) is 18.4. The molecule has 0 unspecified atom stereocenters. The van der Waals surface area contributed by atoms with E-state index < -0.39 is 6.10 Å². The fourth-order valence-electron chi connectivity index (χ4n) is 3.88. The van der Waals surface area contributed by atoms with Crippen LogP contribution in [0.1, 0.15) is 42.6 Å². The van der Waals surface area contributed by atoms with Crippen LogP contribution in [-0.4, -0.2) is 42.4 Å². The molecule has 0 aliphatic carbocycles. The van der Waals surface area contributed by atoms with Gasteiger partial charge in [0.2, 0.25) is 0 Å². The van der Waals surface area contributed by atoms with Crippen molar-refractivity contribution in [3.63, 3.8) is 0 Å². The van der Waals surface area contributed by atoms with E-state index in [0.29, 0.717) is 13.2 Å². The molecule has 1 fully saturated rings. The summed E-state index contributed by atoms with van der Waals surface area (Å²) < 4.78 is 6.25. The first-order valence-electron chi connectivity index (χ1n) is 9.76. The maximum atomic E-state index is 10.5. The lowest BCUT2D eigenvalue weighted by Gasteiger charge is -2.32. The van der Waals surface area contributed by atoms with Gasteiger partial charge in [0.25, 0.3) is 0 Å². The number of benzene rings is 2. The van der Waals surface area contributed by atoms with E-state index in [1.807, 2.05) is 30.3 Å². The van der Waals surface area contributed by atoms with Gasteiger partial charge >= 0.3 is 0 Å². The van der Waals surface area contributed by atoms with Crippen LogP contribution in [0.5, 0.6) is 0 Å². The molecule has 1 aliphatic heterocycles. The second kappa shape index (κ2) is 9.31. The lowest BCUT2D eigenvalue weighted by molar-refractivity contribution is -0.0131. The molecule has 1 aliphatic rings. The molecule has 1 heterocycles.